The van der Waals surface area contributed by atoms with Gasteiger partial charge in [0.15, 0.2) is 0 Å². The summed E-state index contributed by atoms with van der Waals surface area (Å²) in [6.07, 6.45) is 0.449. The van der Waals surface area contributed by atoms with Crippen LogP contribution in [0.15, 0.2) is 74.7 Å². The molecule has 0 aromatic heterocycles. The molecule has 158 valence electrons. The van der Waals surface area contributed by atoms with Crippen molar-refractivity contribution in [2.45, 2.75) is 25.6 Å². The fraction of sp³-hybridized carbons (Fsp3) is 0.208. The summed E-state index contributed by atoms with van der Waals surface area (Å²) in [5.74, 6) is 1.70. The molecule has 2 aliphatic rings. The average Bonchev–Trinajstić information content (AvgIpc) is 3.20. The lowest BCUT2D eigenvalue weighted by atomic mass is 9.96. The molecular weight excluding hydrogens is 544 g/mol. The molecule has 0 amide bonds. The molecule has 0 fully saturated rings. The zero-order chi connectivity index (χ0) is 21.5. The van der Waals surface area contributed by atoms with E-state index in [9.17, 15) is 0 Å². The van der Waals surface area contributed by atoms with Crippen molar-refractivity contribution in [2.75, 3.05) is 6.61 Å². The lowest BCUT2D eigenvalue weighted by Crippen LogP contribution is -2.33. The summed E-state index contributed by atoms with van der Waals surface area (Å²) >= 11 is 13.4. The fourth-order valence-corrected chi connectivity index (χ4v) is 5.52. The van der Waals surface area contributed by atoms with E-state index in [0.29, 0.717) is 11.6 Å². The zero-order valence-electron chi connectivity index (χ0n) is 16.7. The standard InChI is InChI=1S/C24H19Br2ClN2O2/c1-2-30-18-9-5-15(6-10-18)24-29-22(19-11-16(25)12-20(26)23(19)31-24)13-21(28-29)14-3-7-17(27)8-4-14/h3-12,22,24H,2,13H2,1H3/t22-,24+/m0/s1. The maximum Gasteiger partial charge on any atom is 0.213 e. The highest BCUT2D eigenvalue weighted by molar-refractivity contribution is 9.11. The molecule has 2 heterocycles. The summed E-state index contributed by atoms with van der Waals surface area (Å²) in [6, 6.07) is 20.1. The van der Waals surface area contributed by atoms with E-state index in [1.807, 2.05) is 61.5 Å². The van der Waals surface area contributed by atoms with Gasteiger partial charge in [-0.15, -0.1) is 0 Å². The van der Waals surface area contributed by atoms with E-state index in [-0.39, 0.29) is 12.3 Å². The molecule has 2 atom stereocenters. The van der Waals surface area contributed by atoms with Crippen LogP contribution in [0, 0.1) is 0 Å². The number of rotatable bonds is 4. The Balaban J connectivity index is 1.58. The first-order chi connectivity index (χ1) is 15.0. The number of hydrogen-bond donors (Lipinski definition) is 0. The van der Waals surface area contributed by atoms with Gasteiger partial charge in [-0.1, -0.05) is 39.7 Å². The Kier molecular flexibility index (Phi) is 5.71. The van der Waals surface area contributed by atoms with Crippen molar-refractivity contribution in [1.29, 1.82) is 0 Å². The van der Waals surface area contributed by atoms with Crippen LogP contribution in [0.3, 0.4) is 0 Å². The maximum atomic E-state index is 6.51. The van der Waals surface area contributed by atoms with Gasteiger partial charge in [-0.25, -0.2) is 5.01 Å². The van der Waals surface area contributed by atoms with Gasteiger partial charge in [0.1, 0.15) is 11.5 Å². The normalized spacial score (nSPS) is 19.4. The van der Waals surface area contributed by atoms with Gasteiger partial charge in [-0.05, 0) is 76.9 Å². The number of benzene rings is 3. The van der Waals surface area contributed by atoms with E-state index < -0.39 is 0 Å². The molecule has 0 saturated carbocycles. The second kappa shape index (κ2) is 8.49. The van der Waals surface area contributed by atoms with Crippen molar-refractivity contribution < 1.29 is 9.47 Å². The Morgan fingerprint density at radius 3 is 2.55 bits per heavy atom. The molecule has 0 bridgehead atoms. The molecule has 3 aromatic carbocycles. The number of hydrazone groups is 1. The fourth-order valence-electron chi connectivity index (χ4n) is 4.05. The van der Waals surface area contributed by atoms with Crippen molar-refractivity contribution in [3.05, 3.63) is 91.3 Å². The molecule has 0 unspecified atom stereocenters. The Bertz CT molecular complexity index is 1150. The number of fused-ring (bicyclic) bond motifs is 3. The molecular formula is C24H19Br2ClN2O2. The summed E-state index contributed by atoms with van der Waals surface area (Å²) in [5.41, 5.74) is 4.22. The molecule has 0 saturated heterocycles. The van der Waals surface area contributed by atoms with E-state index >= 15 is 0 Å². The molecule has 0 radical (unpaired) electrons. The lowest BCUT2D eigenvalue weighted by molar-refractivity contribution is -0.0197. The van der Waals surface area contributed by atoms with Gasteiger partial charge in [0.05, 0.1) is 22.8 Å². The van der Waals surface area contributed by atoms with Crippen LogP contribution in [0.5, 0.6) is 11.5 Å². The van der Waals surface area contributed by atoms with E-state index in [4.69, 9.17) is 26.2 Å². The summed E-state index contributed by atoms with van der Waals surface area (Å²) in [4.78, 5) is 0. The molecule has 7 heteroatoms. The lowest BCUT2D eigenvalue weighted by Gasteiger charge is -2.38. The molecule has 0 N–H and O–H groups in total. The second-order valence-corrected chi connectivity index (χ2v) is 9.64. The van der Waals surface area contributed by atoms with Gasteiger partial charge < -0.3 is 9.47 Å². The Morgan fingerprint density at radius 2 is 1.84 bits per heavy atom. The molecule has 5 rings (SSSR count). The molecule has 4 nitrogen and oxygen atoms in total. The smallest absolute Gasteiger partial charge is 0.213 e. The van der Waals surface area contributed by atoms with Crippen molar-refractivity contribution in [3.63, 3.8) is 0 Å². The monoisotopic (exact) mass is 560 g/mol. The Hall–Kier alpha value is -2.02. The first-order valence-electron chi connectivity index (χ1n) is 10.0. The third-order valence-electron chi connectivity index (χ3n) is 5.46. The minimum atomic E-state index is -0.338. The van der Waals surface area contributed by atoms with Gasteiger partial charge in [0.25, 0.3) is 0 Å². The van der Waals surface area contributed by atoms with Crippen molar-refractivity contribution >= 4 is 49.2 Å². The van der Waals surface area contributed by atoms with E-state index in [2.05, 4.69) is 42.9 Å². The predicted octanol–water partition coefficient (Wildman–Crippen LogP) is 7.51. The SMILES string of the molecule is CCOc1ccc([C@H]2Oc3c(Br)cc(Br)cc3[C@@H]3CC(c4ccc(Cl)cc4)=NN23)cc1. The highest BCUT2D eigenvalue weighted by Crippen LogP contribution is 2.50. The van der Waals surface area contributed by atoms with Gasteiger partial charge in [-0.3, -0.25) is 0 Å². The summed E-state index contributed by atoms with van der Waals surface area (Å²) in [5, 5.41) is 7.79. The number of hydrogen-bond acceptors (Lipinski definition) is 4. The van der Waals surface area contributed by atoms with Gasteiger partial charge in [-0.2, -0.15) is 5.10 Å². The van der Waals surface area contributed by atoms with Crippen LogP contribution in [-0.4, -0.2) is 17.3 Å². The highest BCUT2D eigenvalue weighted by Gasteiger charge is 2.42. The number of nitrogens with zero attached hydrogens (tertiary/aromatic N) is 2. The summed E-state index contributed by atoms with van der Waals surface area (Å²) in [6.45, 7) is 2.62. The predicted molar refractivity (Wildman–Crippen MR) is 130 cm³/mol. The Morgan fingerprint density at radius 1 is 1.10 bits per heavy atom. The van der Waals surface area contributed by atoms with Crippen molar-refractivity contribution in [3.8, 4) is 11.5 Å². The van der Waals surface area contributed by atoms with Crippen LogP contribution >= 0.6 is 43.5 Å². The number of halogens is 3. The highest BCUT2D eigenvalue weighted by atomic mass is 79.9. The Labute approximate surface area is 203 Å². The quantitative estimate of drug-likeness (QED) is 0.330. The summed E-state index contributed by atoms with van der Waals surface area (Å²) < 4.78 is 14.0. The first kappa shape index (κ1) is 20.9. The molecule has 0 aliphatic carbocycles. The van der Waals surface area contributed by atoms with Crippen LogP contribution in [-0.2, 0) is 0 Å². The molecule has 3 aromatic rings. The van der Waals surface area contributed by atoms with E-state index in [0.717, 1.165) is 49.3 Å². The minimum absolute atomic E-state index is 0.0693. The van der Waals surface area contributed by atoms with Gasteiger partial charge in [0.2, 0.25) is 6.23 Å². The van der Waals surface area contributed by atoms with Gasteiger partial charge in [0, 0.05) is 27.0 Å². The largest absolute Gasteiger partial charge is 0.494 e. The van der Waals surface area contributed by atoms with Crippen LogP contribution < -0.4 is 9.47 Å². The molecule has 0 spiro atoms. The van der Waals surface area contributed by atoms with Crippen LogP contribution in [0.1, 0.15) is 42.3 Å². The van der Waals surface area contributed by atoms with Crippen LogP contribution in [0.2, 0.25) is 5.02 Å². The number of ether oxygens (including phenoxy) is 2. The van der Waals surface area contributed by atoms with Crippen LogP contribution in [0.25, 0.3) is 0 Å². The van der Waals surface area contributed by atoms with Gasteiger partial charge >= 0.3 is 0 Å². The second-order valence-electron chi connectivity index (χ2n) is 7.43. The molecule has 2 aliphatic heterocycles. The minimum Gasteiger partial charge on any atom is -0.494 e. The van der Waals surface area contributed by atoms with E-state index in [1.165, 1.54) is 0 Å². The zero-order valence-corrected chi connectivity index (χ0v) is 20.6. The third kappa shape index (κ3) is 3.97. The topological polar surface area (TPSA) is 34.1 Å². The van der Waals surface area contributed by atoms with Crippen LogP contribution in [0.4, 0.5) is 0 Å². The average molecular weight is 563 g/mol. The third-order valence-corrected chi connectivity index (χ3v) is 6.76. The van der Waals surface area contributed by atoms with Crippen molar-refractivity contribution in [2.24, 2.45) is 5.10 Å². The summed E-state index contributed by atoms with van der Waals surface area (Å²) in [7, 11) is 0. The maximum absolute atomic E-state index is 6.51. The molecule has 31 heavy (non-hydrogen) atoms. The van der Waals surface area contributed by atoms with Crippen molar-refractivity contribution in [1.82, 2.24) is 5.01 Å². The van der Waals surface area contributed by atoms with E-state index in [1.54, 1.807) is 0 Å². The first-order valence-corrected chi connectivity index (χ1v) is 12.0.